The first-order valence-electron chi connectivity index (χ1n) is 6.52. The van der Waals surface area contributed by atoms with Crippen molar-refractivity contribution in [2.45, 2.75) is 40.2 Å². The van der Waals surface area contributed by atoms with E-state index in [9.17, 15) is 4.79 Å². The highest BCUT2D eigenvalue weighted by atomic mass is 16.1. The molecule has 1 aromatic carbocycles. The van der Waals surface area contributed by atoms with Crippen molar-refractivity contribution in [3.05, 3.63) is 34.9 Å². The third kappa shape index (κ3) is 4.15. The van der Waals surface area contributed by atoms with Crippen LogP contribution in [-0.2, 0) is 0 Å². The fourth-order valence-electron chi connectivity index (χ4n) is 2.11. The largest absolute Gasteiger partial charge is 0.348 e. The van der Waals surface area contributed by atoms with Crippen LogP contribution in [-0.4, -0.2) is 18.5 Å². The summed E-state index contributed by atoms with van der Waals surface area (Å²) >= 11 is 0. The van der Waals surface area contributed by atoms with Gasteiger partial charge in [-0.15, -0.1) is 0 Å². The molecule has 3 N–H and O–H groups in total. The number of carbonyl (C=O) groups excluding carboxylic acids is 1. The van der Waals surface area contributed by atoms with E-state index in [1.807, 2.05) is 32.0 Å². The van der Waals surface area contributed by atoms with E-state index in [1.165, 1.54) is 5.56 Å². The number of rotatable bonds is 5. The topological polar surface area (TPSA) is 55.1 Å². The van der Waals surface area contributed by atoms with Crippen LogP contribution in [0.15, 0.2) is 18.2 Å². The van der Waals surface area contributed by atoms with E-state index in [2.05, 4.69) is 19.2 Å². The Bertz CT molecular complexity index is 413. The van der Waals surface area contributed by atoms with E-state index in [1.54, 1.807) is 0 Å². The molecular formula is C15H24N2O. The highest BCUT2D eigenvalue weighted by molar-refractivity contribution is 5.95. The summed E-state index contributed by atoms with van der Waals surface area (Å²) < 4.78 is 0. The predicted molar refractivity (Wildman–Crippen MR) is 75.7 cm³/mol. The van der Waals surface area contributed by atoms with Crippen molar-refractivity contribution in [3.8, 4) is 0 Å². The van der Waals surface area contributed by atoms with Gasteiger partial charge in [0, 0.05) is 18.2 Å². The average Bonchev–Trinajstić information content (AvgIpc) is 2.27. The summed E-state index contributed by atoms with van der Waals surface area (Å²) in [6, 6.07) is 5.91. The molecule has 0 aliphatic heterocycles. The zero-order valence-electron chi connectivity index (χ0n) is 11.8. The molecule has 0 bridgehead atoms. The van der Waals surface area contributed by atoms with Crippen LogP contribution < -0.4 is 11.1 Å². The summed E-state index contributed by atoms with van der Waals surface area (Å²) in [5, 5.41) is 3.01. The number of carbonyl (C=O) groups is 1. The van der Waals surface area contributed by atoms with Crippen LogP contribution in [0.3, 0.4) is 0 Å². The maximum Gasteiger partial charge on any atom is 0.251 e. The quantitative estimate of drug-likeness (QED) is 0.840. The summed E-state index contributed by atoms with van der Waals surface area (Å²) in [7, 11) is 0. The first kappa shape index (κ1) is 14.7. The van der Waals surface area contributed by atoms with Gasteiger partial charge in [0.05, 0.1) is 0 Å². The first-order valence-corrected chi connectivity index (χ1v) is 6.52. The van der Waals surface area contributed by atoms with E-state index in [-0.39, 0.29) is 11.9 Å². The molecule has 1 atom stereocenters. The van der Waals surface area contributed by atoms with Crippen molar-refractivity contribution in [1.82, 2.24) is 5.32 Å². The van der Waals surface area contributed by atoms with Crippen LogP contribution in [0.4, 0.5) is 0 Å². The molecule has 0 saturated carbocycles. The molecule has 1 unspecified atom stereocenters. The van der Waals surface area contributed by atoms with Gasteiger partial charge in [0.25, 0.3) is 5.91 Å². The number of hydrogen-bond donors (Lipinski definition) is 2. The molecule has 0 fully saturated rings. The molecule has 18 heavy (non-hydrogen) atoms. The molecule has 1 rings (SSSR count). The van der Waals surface area contributed by atoms with Crippen LogP contribution in [0.2, 0.25) is 0 Å². The van der Waals surface area contributed by atoms with Crippen molar-refractivity contribution >= 4 is 5.91 Å². The number of amides is 1. The maximum atomic E-state index is 12.2. The van der Waals surface area contributed by atoms with Crippen LogP contribution in [0.1, 0.15) is 41.8 Å². The Balaban J connectivity index is 2.74. The van der Waals surface area contributed by atoms with Gasteiger partial charge in [-0.3, -0.25) is 4.79 Å². The lowest BCUT2D eigenvalue weighted by atomic mass is 10.0. The van der Waals surface area contributed by atoms with E-state index in [0.717, 1.165) is 17.5 Å². The van der Waals surface area contributed by atoms with Crippen molar-refractivity contribution in [2.24, 2.45) is 11.7 Å². The number of hydrogen-bond acceptors (Lipinski definition) is 2. The minimum Gasteiger partial charge on any atom is -0.348 e. The molecule has 3 nitrogen and oxygen atoms in total. The predicted octanol–water partition coefficient (Wildman–Crippen LogP) is 2.41. The summed E-state index contributed by atoms with van der Waals surface area (Å²) in [4.78, 5) is 12.2. The van der Waals surface area contributed by atoms with Gasteiger partial charge in [-0.1, -0.05) is 31.5 Å². The van der Waals surface area contributed by atoms with Gasteiger partial charge in [0.1, 0.15) is 0 Å². The minimum atomic E-state index is -0.0244. The Hall–Kier alpha value is -1.35. The third-order valence-electron chi connectivity index (χ3n) is 3.00. The van der Waals surface area contributed by atoms with Gasteiger partial charge in [0.2, 0.25) is 0 Å². The van der Waals surface area contributed by atoms with Crippen LogP contribution in [0, 0.1) is 19.8 Å². The Morgan fingerprint density at radius 2 is 2.00 bits per heavy atom. The van der Waals surface area contributed by atoms with E-state index < -0.39 is 0 Å². The second-order valence-corrected chi connectivity index (χ2v) is 5.35. The Morgan fingerprint density at radius 1 is 1.33 bits per heavy atom. The van der Waals surface area contributed by atoms with Crippen LogP contribution in [0.25, 0.3) is 0 Å². The summed E-state index contributed by atoms with van der Waals surface area (Å²) in [6.07, 6.45) is 0.910. The molecule has 100 valence electrons. The summed E-state index contributed by atoms with van der Waals surface area (Å²) in [5.41, 5.74) is 8.61. The molecule has 0 heterocycles. The van der Waals surface area contributed by atoms with E-state index >= 15 is 0 Å². The molecule has 1 aromatic rings. The van der Waals surface area contributed by atoms with Crippen molar-refractivity contribution in [1.29, 1.82) is 0 Å². The van der Waals surface area contributed by atoms with Crippen LogP contribution in [0.5, 0.6) is 0 Å². The Kier molecular flexibility index (Phi) is 5.35. The number of benzene rings is 1. The fourth-order valence-corrected chi connectivity index (χ4v) is 2.11. The Morgan fingerprint density at radius 3 is 2.50 bits per heavy atom. The van der Waals surface area contributed by atoms with Crippen molar-refractivity contribution in [2.75, 3.05) is 6.54 Å². The number of aryl methyl sites for hydroxylation is 2. The molecule has 0 aliphatic carbocycles. The highest BCUT2D eigenvalue weighted by Gasteiger charge is 2.15. The zero-order valence-corrected chi connectivity index (χ0v) is 11.8. The molecule has 0 spiro atoms. The van der Waals surface area contributed by atoms with Gasteiger partial charge in [-0.25, -0.2) is 0 Å². The second kappa shape index (κ2) is 6.55. The van der Waals surface area contributed by atoms with E-state index in [0.29, 0.717) is 12.5 Å². The molecule has 0 radical (unpaired) electrons. The van der Waals surface area contributed by atoms with Crippen molar-refractivity contribution in [3.63, 3.8) is 0 Å². The highest BCUT2D eigenvalue weighted by Crippen LogP contribution is 2.11. The average molecular weight is 248 g/mol. The summed E-state index contributed by atoms with van der Waals surface area (Å²) in [6.45, 7) is 8.73. The van der Waals surface area contributed by atoms with Gasteiger partial charge >= 0.3 is 0 Å². The van der Waals surface area contributed by atoms with Gasteiger partial charge < -0.3 is 11.1 Å². The lowest BCUT2D eigenvalue weighted by Crippen LogP contribution is -2.41. The lowest BCUT2D eigenvalue weighted by Gasteiger charge is -2.19. The minimum absolute atomic E-state index is 0.0244. The smallest absolute Gasteiger partial charge is 0.251 e. The monoisotopic (exact) mass is 248 g/mol. The zero-order chi connectivity index (χ0) is 13.7. The molecular weight excluding hydrogens is 224 g/mol. The lowest BCUT2D eigenvalue weighted by molar-refractivity contribution is 0.0933. The summed E-state index contributed by atoms with van der Waals surface area (Å²) in [5.74, 6) is 0.501. The number of nitrogens with one attached hydrogen (secondary N) is 1. The molecule has 0 aliphatic rings. The standard InChI is InChI=1S/C15H24N2O/c1-10(2)7-13(9-16)17-15(18)14-6-5-11(3)8-12(14)4/h5-6,8,10,13H,7,9,16H2,1-4H3,(H,17,18). The molecule has 0 aromatic heterocycles. The first-order chi connectivity index (χ1) is 8.43. The third-order valence-corrected chi connectivity index (χ3v) is 3.00. The molecule has 3 heteroatoms. The van der Waals surface area contributed by atoms with Gasteiger partial charge in [-0.2, -0.15) is 0 Å². The van der Waals surface area contributed by atoms with Gasteiger partial charge in [-0.05, 0) is 37.8 Å². The second-order valence-electron chi connectivity index (χ2n) is 5.35. The van der Waals surface area contributed by atoms with Crippen molar-refractivity contribution < 1.29 is 4.79 Å². The Labute approximate surface area is 110 Å². The SMILES string of the molecule is Cc1ccc(C(=O)NC(CN)CC(C)C)c(C)c1. The van der Waals surface area contributed by atoms with E-state index in [4.69, 9.17) is 5.73 Å². The maximum absolute atomic E-state index is 12.2. The normalized spacial score (nSPS) is 12.6. The molecule has 0 saturated heterocycles. The van der Waals surface area contributed by atoms with Crippen LogP contribution >= 0.6 is 0 Å². The van der Waals surface area contributed by atoms with Gasteiger partial charge in [0.15, 0.2) is 0 Å². The molecule has 1 amide bonds. The fraction of sp³-hybridized carbons (Fsp3) is 0.533. The number of nitrogens with two attached hydrogens (primary N) is 1.